The lowest BCUT2D eigenvalue weighted by Crippen LogP contribution is -2.07. The molecule has 0 N–H and O–H groups in total. The Hall–Kier alpha value is -1.32. The summed E-state index contributed by atoms with van der Waals surface area (Å²) in [6.07, 6.45) is 1.08. The molecule has 0 saturated carbocycles. The first-order valence-electron chi connectivity index (χ1n) is 2.74. The summed E-state index contributed by atoms with van der Waals surface area (Å²) in [6.45, 7) is 4.69. The van der Waals surface area contributed by atoms with Crippen LogP contribution >= 0.6 is 0 Å². The average molecular weight is 144 g/mol. The van der Waals surface area contributed by atoms with Crippen LogP contribution in [0.2, 0.25) is 0 Å². The van der Waals surface area contributed by atoms with Crippen LogP contribution in [0.1, 0.15) is 13.3 Å². The molecular weight excluding hydrogens is 136 g/mol. The molecule has 56 valence electrons. The first-order chi connectivity index (χ1) is 4.70. The zero-order chi connectivity index (χ0) is 7.98. The number of carbonyl (C=O) groups is 2. The van der Waals surface area contributed by atoms with Gasteiger partial charge in [-0.05, 0) is 0 Å². The third-order valence-electron chi connectivity index (χ3n) is 0.672. The third kappa shape index (κ3) is 3.65. The first-order valence-corrected chi connectivity index (χ1v) is 2.74. The van der Waals surface area contributed by atoms with Crippen molar-refractivity contribution in [3.63, 3.8) is 0 Å². The van der Waals surface area contributed by atoms with E-state index in [1.807, 2.05) is 0 Å². The molecule has 0 aromatic heterocycles. The van der Waals surface area contributed by atoms with E-state index in [0.29, 0.717) is 0 Å². The maximum absolute atomic E-state index is 10.3. The molecule has 4 heteroatoms. The highest BCUT2D eigenvalue weighted by atomic mass is 17.2. The van der Waals surface area contributed by atoms with E-state index in [4.69, 9.17) is 0 Å². The lowest BCUT2D eigenvalue weighted by molar-refractivity contribution is -0.254. The Bertz CT molecular complexity index is 150. The molecule has 0 fully saturated rings. The fourth-order valence-corrected chi connectivity index (χ4v) is 0.180. The van der Waals surface area contributed by atoms with Gasteiger partial charge in [0.2, 0.25) is 0 Å². The molecule has 0 aliphatic heterocycles. The van der Waals surface area contributed by atoms with Gasteiger partial charge >= 0.3 is 11.9 Å². The normalized spacial score (nSPS) is 8.10. The molecule has 0 saturated heterocycles. The molecule has 0 radical (unpaired) electrons. The van der Waals surface area contributed by atoms with E-state index in [0.717, 1.165) is 6.08 Å². The summed E-state index contributed by atoms with van der Waals surface area (Å²) >= 11 is 0. The van der Waals surface area contributed by atoms with E-state index in [9.17, 15) is 9.59 Å². The Labute approximate surface area is 58.4 Å². The third-order valence-corrected chi connectivity index (χ3v) is 0.672. The summed E-state index contributed by atoms with van der Waals surface area (Å²) in [5.74, 6) is -1.36. The van der Waals surface area contributed by atoms with Gasteiger partial charge in [0.05, 0.1) is 0 Å². The van der Waals surface area contributed by atoms with Gasteiger partial charge in [-0.2, -0.15) is 0 Å². The SMILES string of the molecule is C=CC(=O)OOC(=O)CC. The Balaban J connectivity index is 3.44. The summed E-state index contributed by atoms with van der Waals surface area (Å²) in [4.78, 5) is 28.4. The Morgan fingerprint density at radius 3 is 2.50 bits per heavy atom. The van der Waals surface area contributed by atoms with Crippen LogP contribution in [-0.4, -0.2) is 11.9 Å². The summed E-state index contributed by atoms with van der Waals surface area (Å²) in [7, 11) is 0. The second-order valence-corrected chi connectivity index (χ2v) is 1.42. The minimum atomic E-state index is -0.776. The van der Waals surface area contributed by atoms with Gasteiger partial charge in [-0.3, -0.25) is 0 Å². The monoisotopic (exact) mass is 144 g/mol. The number of rotatable bonds is 2. The topological polar surface area (TPSA) is 52.6 Å². The van der Waals surface area contributed by atoms with Crippen LogP contribution in [0, 0.1) is 0 Å². The van der Waals surface area contributed by atoms with Crippen LogP contribution in [0.4, 0.5) is 0 Å². The van der Waals surface area contributed by atoms with Crippen LogP contribution in [0.5, 0.6) is 0 Å². The highest BCUT2D eigenvalue weighted by molar-refractivity contribution is 5.81. The number of hydrogen-bond acceptors (Lipinski definition) is 4. The van der Waals surface area contributed by atoms with Crippen molar-refractivity contribution in [2.75, 3.05) is 0 Å². The minimum Gasteiger partial charge on any atom is -0.247 e. The summed E-state index contributed by atoms with van der Waals surface area (Å²) in [5.41, 5.74) is 0. The lowest BCUT2D eigenvalue weighted by Gasteiger charge is -1.96. The molecule has 4 nitrogen and oxygen atoms in total. The summed E-state index contributed by atoms with van der Waals surface area (Å²) in [5, 5.41) is 0. The molecule has 0 bridgehead atoms. The molecule has 0 aliphatic rings. The van der Waals surface area contributed by atoms with Gasteiger partial charge in [0.15, 0.2) is 0 Å². The van der Waals surface area contributed by atoms with Crippen LogP contribution in [0.15, 0.2) is 12.7 Å². The second-order valence-electron chi connectivity index (χ2n) is 1.42. The van der Waals surface area contributed by atoms with Crippen molar-refractivity contribution in [1.82, 2.24) is 0 Å². The van der Waals surface area contributed by atoms with Crippen molar-refractivity contribution in [1.29, 1.82) is 0 Å². The highest BCUT2D eigenvalue weighted by Crippen LogP contribution is 1.86. The predicted molar refractivity (Wildman–Crippen MR) is 32.7 cm³/mol. The molecule has 0 aliphatic carbocycles. The maximum Gasteiger partial charge on any atom is 0.378 e. The minimum absolute atomic E-state index is 0.171. The second kappa shape index (κ2) is 4.55. The van der Waals surface area contributed by atoms with Gasteiger partial charge in [-0.25, -0.2) is 19.4 Å². The zero-order valence-corrected chi connectivity index (χ0v) is 5.62. The molecule has 10 heavy (non-hydrogen) atoms. The molecule has 0 rings (SSSR count). The predicted octanol–water partition coefficient (Wildman–Crippen LogP) is 0.584. The number of hydrogen-bond donors (Lipinski definition) is 0. The van der Waals surface area contributed by atoms with Crippen molar-refractivity contribution in [3.8, 4) is 0 Å². The molecule has 0 aromatic rings. The molecule has 0 atom stereocenters. The van der Waals surface area contributed by atoms with Crippen molar-refractivity contribution in [2.45, 2.75) is 13.3 Å². The lowest BCUT2D eigenvalue weighted by atomic mass is 10.5. The van der Waals surface area contributed by atoms with Crippen molar-refractivity contribution in [2.24, 2.45) is 0 Å². The van der Waals surface area contributed by atoms with Crippen molar-refractivity contribution in [3.05, 3.63) is 12.7 Å². The molecule has 0 unspecified atom stereocenters. The Kier molecular flexibility index (Phi) is 3.95. The van der Waals surface area contributed by atoms with Crippen LogP contribution in [-0.2, 0) is 19.4 Å². The van der Waals surface area contributed by atoms with Crippen LogP contribution < -0.4 is 0 Å². The van der Waals surface area contributed by atoms with Gasteiger partial charge in [-0.1, -0.05) is 13.5 Å². The Morgan fingerprint density at radius 1 is 1.50 bits per heavy atom. The van der Waals surface area contributed by atoms with E-state index < -0.39 is 11.9 Å². The van der Waals surface area contributed by atoms with E-state index in [1.165, 1.54) is 0 Å². The van der Waals surface area contributed by atoms with Gasteiger partial charge < -0.3 is 0 Å². The number of carbonyl (C=O) groups excluding carboxylic acids is 2. The smallest absolute Gasteiger partial charge is 0.247 e. The van der Waals surface area contributed by atoms with Crippen LogP contribution in [0.3, 0.4) is 0 Å². The fraction of sp³-hybridized carbons (Fsp3) is 0.333. The van der Waals surface area contributed by atoms with Gasteiger partial charge in [0.25, 0.3) is 0 Å². The van der Waals surface area contributed by atoms with E-state index in [-0.39, 0.29) is 6.42 Å². The highest BCUT2D eigenvalue weighted by Gasteiger charge is 2.02. The van der Waals surface area contributed by atoms with Crippen LogP contribution in [0.25, 0.3) is 0 Å². The summed E-state index contributed by atoms with van der Waals surface area (Å²) in [6, 6.07) is 0. The van der Waals surface area contributed by atoms with Gasteiger partial charge in [0.1, 0.15) is 0 Å². The Morgan fingerprint density at radius 2 is 2.10 bits per heavy atom. The zero-order valence-electron chi connectivity index (χ0n) is 5.62. The van der Waals surface area contributed by atoms with Gasteiger partial charge in [0, 0.05) is 12.5 Å². The molecule has 0 aromatic carbocycles. The average Bonchev–Trinajstić information content (AvgIpc) is 1.99. The van der Waals surface area contributed by atoms with Gasteiger partial charge in [-0.15, -0.1) is 0 Å². The molecule has 0 amide bonds. The first kappa shape index (κ1) is 8.68. The summed E-state index contributed by atoms with van der Waals surface area (Å²) < 4.78 is 0. The molecule has 0 heterocycles. The van der Waals surface area contributed by atoms with E-state index in [1.54, 1.807) is 6.92 Å². The fourth-order valence-electron chi connectivity index (χ4n) is 0.180. The maximum atomic E-state index is 10.3. The van der Waals surface area contributed by atoms with Crippen molar-refractivity contribution >= 4 is 11.9 Å². The van der Waals surface area contributed by atoms with E-state index in [2.05, 4.69) is 16.4 Å². The van der Waals surface area contributed by atoms with Crippen molar-refractivity contribution < 1.29 is 19.4 Å². The molecule has 0 spiro atoms. The van der Waals surface area contributed by atoms with E-state index >= 15 is 0 Å². The standard InChI is InChI=1S/C6H8O4/c1-3-5(7)9-10-6(8)4-2/h3H,1,4H2,2H3. The molecular formula is C6H8O4. The largest absolute Gasteiger partial charge is 0.378 e. The quantitative estimate of drug-likeness (QED) is 0.323.